The summed E-state index contributed by atoms with van der Waals surface area (Å²) in [7, 11) is 0. The molecule has 0 aliphatic carbocycles. The molecule has 3 nitrogen and oxygen atoms in total. The summed E-state index contributed by atoms with van der Waals surface area (Å²) in [4.78, 5) is 5.01. The molecule has 0 spiro atoms. The number of hydrogen-bond acceptors (Lipinski definition) is 3. The lowest BCUT2D eigenvalue weighted by atomic mass is 9.98. The Balaban J connectivity index is 1.59. The molecule has 0 amide bonds. The molecule has 2 aliphatic heterocycles. The van der Waals surface area contributed by atoms with Crippen molar-refractivity contribution < 1.29 is 9.13 Å². The van der Waals surface area contributed by atoms with Crippen molar-refractivity contribution in [3.05, 3.63) is 35.6 Å². The van der Waals surface area contributed by atoms with Crippen LogP contribution in [0.25, 0.3) is 0 Å². The highest BCUT2D eigenvalue weighted by Crippen LogP contribution is 2.30. The average Bonchev–Trinajstić information content (AvgIpc) is 2.96. The predicted octanol–water partition coefficient (Wildman–Crippen LogP) is 2.73. The Morgan fingerprint density at radius 1 is 1.18 bits per heavy atom. The van der Waals surface area contributed by atoms with Crippen LogP contribution in [-0.4, -0.2) is 61.3 Å². The minimum atomic E-state index is -0.0539. The van der Waals surface area contributed by atoms with Crippen molar-refractivity contribution in [2.45, 2.75) is 31.7 Å². The second kappa shape index (κ2) is 6.65. The Hall–Kier alpha value is -0.970. The molecule has 0 unspecified atom stereocenters. The van der Waals surface area contributed by atoms with Crippen molar-refractivity contribution in [3.8, 4) is 0 Å². The van der Waals surface area contributed by atoms with Gasteiger partial charge in [-0.1, -0.05) is 18.2 Å². The maximum atomic E-state index is 14.0. The summed E-state index contributed by atoms with van der Waals surface area (Å²) in [6.45, 7) is 11.4. The fraction of sp³-hybridized carbons (Fsp3) is 0.667. The maximum Gasteiger partial charge on any atom is 0.126 e. The fourth-order valence-corrected chi connectivity index (χ4v) is 3.85. The van der Waals surface area contributed by atoms with Crippen LogP contribution >= 0.6 is 0 Å². The molecular formula is C18H27FN2O. The van der Waals surface area contributed by atoms with Crippen molar-refractivity contribution in [3.63, 3.8) is 0 Å². The lowest BCUT2D eigenvalue weighted by molar-refractivity contribution is -0.0197. The van der Waals surface area contributed by atoms with Gasteiger partial charge in [-0.25, -0.2) is 4.39 Å². The van der Waals surface area contributed by atoms with Crippen LogP contribution in [-0.2, 0) is 4.74 Å². The summed E-state index contributed by atoms with van der Waals surface area (Å²) >= 11 is 0. The summed E-state index contributed by atoms with van der Waals surface area (Å²) in [6.07, 6.45) is 1.06. The first-order valence-electron chi connectivity index (χ1n) is 8.36. The summed E-state index contributed by atoms with van der Waals surface area (Å²) in [5.74, 6) is 0.281. The molecule has 2 aliphatic rings. The molecule has 122 valence electrons. The van der Waals surface area contributed by atoms with Gasteiger partial charge in [0.05, 0.1) is 13.2 Å². The van der Waals surface area contributed by atoms with Crippen LogP contribution in [0.15, 0.2) is 24.3 Å². The van der Waals surface area contributed by atoms with Gasteiger partial charge in [-0.2, -0.15) is 0 Å². The first kappa shape index (κ1) is 15.9. The topological polar surface area (TPSA) is 15.7 Å². The van der Waals surface area contributed by atoms with E-state index in [2.05, 4.69) is 23.6 Å². The van der Waals surface area contributed by atoms with Gasteiger partial charge in [0.2, 0.25) is 0 Å². The van der Waals surface area contributed by atoms with E-state index in [1.54, 1.807) is 12.1 Å². The zero-order valence-electron chi connectivity index (χ0n) is 13.7. The van der Waals surface area contributed by atoms with Crippen LogP contribution in [0.2, 0.25) is 0 Å². The number of benzene rings is 1. The van der Waals surface area contributed by atoms with Crippen LogP contribution in [0.3, 0.4) is 0 Å². The number of morpholine rings is 1. The number of hydrogen-bond donors (Lipinski definition) is 0. The number of nitrogens with zero attached hydrogens (tertiary/aromatic N) is 2. The van der Waals surface area contributed by atoms with Crippen LogP contribution in [0.1, 0.15) is 31.7 Å². The number of rotatable bonds is 4. The Morgan fingerprint density at radius 3 is 2.64 bits per heavy atom. The third kappa shape index (κ3) is 3.50. The second-order valence-corrected chi connectivity index (χ2v) is 7.15. The normalized spacial score (nSPS) is 24.8. The Kier molecular flexibility index (Phi) is 4.81. The van der Waals surface area contributed by atoms with Gasteiger partial charge >= 0.3 is 0 Å². The molecule has 2 saturated heterocycles. The van der Waals surface area contributed by atoms with E-state index in [0.717, 1.165) is 57.9 Å². The molecule has 1 aromatic carbocycles. The average molecular weight is 306 g/mol. The lowest BCUT2D eigenvalue weighted by Gasteiger charge is -2.43. The van der Waals surface area contributed by atoms with Crippen molar-refractivity contribution in [2.24, 2.45) is 0 Å². The molecule has 0 saturated carbocycles. The van der Waals surface area contributed by atoms with Gasteiger partial charge in [-0.05, 0) is 38.4 Å². The van der Waals surface area contributed by atoms with Gasteiger partial charge in [0.1, 0.15) is 5.82 Å². The Morgan fingerprint density at radius 2 is 1.91 bits per heavy atom. The molecule has 0 radical (unpaired) electrons. The zero-order chi connectivity index (χ0) is 15.6. The third-order valence-corrected chi connectivity index (χ3v) is 5.10. The quantitative estimate of drug-likeness (QED) is 0.851. The standard InChI is InChI=1S/C18H27FN2O/c1-18(2,21-9-11-22-12-10-21)14-20-8-7-15(13-20)16-5-3-4-6-17(16)19/h3-6,15H,7-14H2,1-2H3/t15-/m0/s1. The molecule has 2 fully saturated rings. The van der Waals surface area contributed by atoms with E-state index in [0.29, 0.717) is 5.92 Å². The first-order valence-corrected chi connectivity index (χ1v) is 8.36. The molecular weight excluding hydrogens is 279 g/mol. The van der Waals surface area contributed by atoms with Gasteiger partial charge in [0.25, 0.3) is 0 Å². The maximum absolute atomic E-state index is 14.0. The van der Waals surface area contributed by atoms with E-state index in [1.807, 2.05) is 12.1 Å². The van der Waals surface area contributed by atoms with Crippen molar-refractivity contribution in [2.75, 3.05) is 45.9 Å². The molecule has 3 rings (SSSR count). The molecule has 0 N–H and O–H groups in total. The highest BCUT2D eigenvalue weighted by molar-refractivity contribution is 5.23. The first-order chi connectivity index (χ1) is 10.6. The summed E-state index contributed by atoms with van der Waals surface area (Å²) in [6, 6.07) is 7.23. The van der Waals surface area contributed by atoms with E-state index in [9.17, 15) is 4.39 Å². The van der Waals surface area contributed by atoms with Crippen LogP contribution < -0.4 is 0 Å². The third-order valence-electron chi connectivity index (χ3n) is 5.10. The minimum absolute atomic E-state index is 0.0539. The highest BCUT2D eigenvalue weighted by atomic mass is 19.1. The van der Waals surface area contributed by atoms with Gasteiger partial charge in [-0.15, -0.1) is 0 Å². The summed E-state index contributed by atoms with van der Waals surface area (Å²) < 4.78 is 19.4. The lowest BCUT2D eigenvalue weighted by Crippen LogP contribution is -2.55. The predicted molar refractivity (Wildman–Crippen MR) is 86.7 cm³/mol. The van der Waals surface area contributed by atoms with Crippen molar-refractivity contribution in [1.82, 2.24) is 9.80 Å². The summed E-state index contributed by atoms with van der Waals surface area (Å²) in [5.41, 5.74) is 1.03. The number of likely N-dealkylation sites (tertiary alicyclic amines) is 1. The number of ether oxygens (including phenoxy) is 1. The van der Waals surface area contributed by atoms with Gasteiger partial charge < -0.3 is 9.64 Å². The van der Waals surface area contributed by atoms with E-state index in [-0.39, 0.29) is 11.4 Å². The van der Waals surface area contributed by atoms with Gasteiger partial charge in [0.15, 0.2) is 0 Å². The van der Waals surface area contributed by atoms with Crippen molar-refractivity contribution in [1.29, 1.82) is 0 Å². The Labute approximate surface area is 133 Å². The van der Waals surface area contributed by atoms with Gasteiger partial charge in [0, 0.05) is 37.6 Å². The molecule has 2 heterocycles. The van der Waals surface area contributed by atoms with Crippen LogP contribution in [0.4, 0.5) is 4.39 Å². The van der Waals surface area contributed by atoms with E-state index < -0.39 is 0 Å². The van der Waals surface area contributed by atoms with E-state index >= 15 is 0 Å². The van der Waals surface area contributed by atoms with Crippen LogP contribution in [0.5, 0.6) is 0 Å². The minimum Gasteiger partial charge on any atom is -0.379 e. The monoisotopic (exact) mass is 306 g/mol. The Bertz CT molecular complexity index is 500. The second-order valence-electron chi connectivity index (χ2n) is 7.15. The largest absolute Gasteiger partial charge is 0.379 e. The zero-order valence-corrected chi connectivity index (χ0v) is 13.7. The number of halogens is 1. The molecule has 4 heteroatoms. The molecule has 0 bridgehead atoms. The van der Waals surface area contributed by atoms with Crippen LogP contribution in [0, 0.1) is 5.82 Å². The molecule has 1 atom stereocenters. The van der Waals surface area contributed by atoms with Gasteiger partial charge in [-0.3, -0.25) is 4.90 Å². The summed E-state index contributed by atoms with van der Waals surface area (Å²) in [5, 5.41) is 0. The van der Waals surface area contributed by atoms with Crippen molar-refractivity contribution >= 4 is 0 Å². The van der Waals surface area contributed by atoms with E-state index in [4.69, 9.17) is 4.74 Å². The highest BCUT2D eigenvalue weighted by Gasteiger charge is 2.33. The smallest absolute Gasteiger partial charge is 0.126 e. The fourth-order valence-electron chi connectivity index (χ4n) is 3.85. The molecule has 0 aromatic heterocycles. The van der Waals surface area contributed by atoms with E-state index in [1.165, 1.54) is 0 Å². The molecule has 1 aromatic rings. The SMILES string of the molecule is CC(C)(CN1CC[C@H](c2ccccc2F)C1)N1CCOCC1. The molecule has 22 heavy (non-hydrogen) atoms.